The Morgan fingerprint density at radius 1 is 1.46 bits per heavy atom. The Hall–Kier alpha value is -1.10. The van der Waals surface area contributed by atoms with Crippen molar-refractivity contribution >= 4 is 15.7 Å². The number of aromatic nitrogens is 1. The molecule has 13 heavy (non-hydrogen) atoms. The topological polar surface area (TPSA) is 59.1 Å². The Bertz CT molecular complexity index is 370. The van der Waals surface area contributed by atoms with Crippen LogP contribution >= 0.6 is 0 Å². The summed E-state index contributed by atoms with van der Waals surface area (Å²) in [7, 11) is -3.12. The largest absolute Gasteiger partial charge is 0.370 e. The van der Waals surface area contributed by atoms with E-state index in [2.05, 4.69) is 10.3 Å². The SMILES string of the molecule is CCNc1ccc(S(C)(=O)=O)cn1. The quantitative estimate of drug-likeness (QED) is 0.788. The fourth-order valence-corrected chi connectivity index (χ4v) is 1.44. The third-order valence-electron chi connectivity index (χ3n) is 1.52. The van der Waals surface area contributed by atoms with Crippen molar-refractivity contribution in [3.05, 3.63) is 18.3 Å². The van der Waals surface area contributed by atoms with Crippen molar-refractivity contribution in [2.45, 2.75) is 11.8 Å². The number of rotatable bonds is 3. The van der Waals surface area contributed by atoms with Gasteiger partial charge in [-0.05, 0) is 19.1 Å². The highest BCUT2D eigenvalue weighted by Crippen LogP contribution is 2.09. The van der Waals surface area contributed by atoms with Crippen LogP contribution in [0.5, 0.6) is 0 Å². The summed E-state index contributed by atoms with van der Waals surface area (Å²) in [5.74, 6) is 0.690. The summed E-state index contributed by atoms with van der Waals surface area (Å²) in [6.45, 7) is 2.72. The molecule has 1 rings (SSSR count). The van der Waals surface area contributed by atoms with Crippen molar-refractivity contribution in [2.24, 2.45) is 0 Å². The summed E-state index contributed by atoms with van der Waals surface area (Å²) in [4.78, 5) is 4.19. The Balaban J connectivity index is 2.94. The molecular formula is C8H12N2O2S. The number of nitrogens with one attached hydrogen (secondary N) is 1. The smallest absolute Gasteiger partial charge is 0.177 e. The van der Waals surface area contributed by atoms with Crippen LogP contribution in [0.2, 0.25) is 0 Å². The van der Waals surface area contributed by atoms with Gasteiger partial charge in [-0.1, -0.05) is 0 Å². The second-order valence-corrected chi connectivity index (χ2v) is 4.70. The fraction of sp³-hybridized carbons (Fsp3) is 0.375. The van der Waals surface area contributed by atoms with Crippen LogP contribution in [0, 0.1) is 0 Å². The van der Waals surface area contributed by atoms with Crippen molar-refractivity contribution in [2.75, 3.05) is 18.1 Å². The molecule has 1 heterocycles. The monoisotopic (exact) mass is 200 g/mol. The number of hydrogen-bond acceptors (Lipinski definition) is 4. The van der Waals surface area contributed by atoms with E-state index in [0.29, 0.717) is 5.82 Å². The fourth-order valence-electron chi connectivity index (χ4n) is 0.885. The van der Waals surface area contributed by atoms with E-state index in [0.717, 1.165) is 12.8 Å². The molecule has 5 heteroatoms. The van der Waals surface area contributed by atoms with Crippen molar-refractivity contribution in [1.82, 2.24) is 4.98 Å². The van der Waals surface area contributed by atoms with Crippen LogP contribution in [-0.4, -0.2) is 26.2 Å². The van der Waals surface area contributed by atoms with Crippen molar-refractivity contribution < 1.29 is 8.42 Å². The summed E-state index contributed by atoms with van der Waals surface area (Å²) >= 11 is 0. The van der Waals surface area contributed by atoms with Crippen molar-refractivity contribution in [3.8, 4) is 0 Å². The molecule has 4 nitrogen and oxygen atoms in total. The first-order valence-electron chi connectivity index (χ1n) is 3.94. The Kier molecular flexibility index (Phi) is 2.87. The first-order chi connectivity index (χ1) is 6.04. The maximum atomic E-state index is 11.0. The van der Waals surface area contributed by atoms with Gasteiger partial charge in [0.15, 0.2) is 9.84 Å². The van der Waals surface area contributed by atoms with Crippen LogP contribution in [0.1, 0.15) is 6.92 Å². The molecule has 1 aromatic rings. The average molecular weight is 200 g/mol. The summed E-state index contributed by atoms with van der Waals surface area (Å²) in [6.07, 6.45) is 2.52. The molecule has 0 unspecified atom stereocenters. The molecule has 0 amide bonds. The predicted molar refractivity (Wildman–Crippen MR) is 51.5 cm³/mol. The zero-order valence-corrected chi connectivity index (χ0v) is 8.43. The van der Waals surface area contributed by atoms with Gasteiger partial charge in [-0.2, -0.15) is 0 Å². The molecule has 72 valence electrons. The number of sulfone groups is 1. The number of nitrogens with zero attached hydrogens (tertiary/aromatic N) is 1. The number of hydrogen-bond donors (Lipinski definition) is 1. The minimum atomic E-state index is -3.12. The second kappa shape index (κ2) is 3.74. The minimum Gasteiger partial charge on any atom is -0.370 e. The Morgan fingerprint density at radius 3 is 2.54 bits per heavy atom. The highest BCUT2D eigenvalue weighted by Gasteiger charge is 2.06. The van der Waals surface area contributed by atoms with Gasteiger partial charge in [0.2, 0.25) is 0 Å². The molecule has 0 aliphatic carbocycles. The highest BCUT2D eigenvalue weighted by atomic mass is 32.2. The second-order valence-electron chi connectivity index (χ2n) is 2.68. The summed E-state index contributed by atoms with van der Waals surface area (Å²) in [5, 5.41) is 2.98. The molecule has 0 spiro atoms. The van der Waals surface area contributed by atoms with E-state index in [9.17, 15) is 8.42 Å². The van der Waals surface area contributed by atoms with Gasteiger partial charge in [-0.15, -0.1) is 0 Å². The van der Waals surface area contributed by atoms with E-state index < -0.39 is 9.84 Å². The molecular weight excluding hydrogens is 188 g/mol. The van der Waals surface area contributed by atoms with Gasteiger partial charge < -0.3 is 5.32 Å². The summed E-state index contributed by atoms with van der Waals surface area (Å²) in [6, 6.07) is 3.19. The highest BCUT2D eigenvalue weighted by molar-refractivity contribution is 7.90. The lowest BCUT2D eigenvalue weighted by molar-refractivity contribution is 0.601. The van der Waals surface area contributed by atoms with E-state index >= 15 is 0 Å². The average Bonchev–Trinajstić information content (AvgIpc) is 2.04. The van der Waals surface area contributed by atoms with Crippen LogP contribution in [0.15, 0.2) is 23.2 Å². The first-order valence-corrected chi connectivity index (χ1v) is 5.83. The van der Waals surface area contributed by atoms with Crippen LogP contribution < -0.4 is 5.32 Å². The summed E-state index contributed by atoms with van der Waals surface area (Å²) in [5.41, 5.74) is 0. The molecule has 0 atom stereocenters. The third kappa shape index (κ3) is 2.69. The van der Waals surface area contributed by atoms with Gasteiger partial charge in [0.25, 0.3) is 0 Å². The molecule has 0 saturated heterocycles. The van der Waals surface area contributed by atoms with E-state index in [1.165, 1.54) is 6.20 Å². The maximum absolute atomic E-state index is 11.0. The molecule has 0 radical (unpaired) electrons. The van der Waals surface area contributed by atoms with Gasteiger partial charge in [0.1, 0.15) is 5.82 Å². The molecule has 0 saturated carbocycles. The van der Waals surface area contributed by atoms with Gasteiger partial charge in [0, 0.05) is 19.0 Å². The lowest BCUT2D eigenvalue weighted by atomic mass is 10.4. The zero-order chi connectivity index (χ0) is 9.90. The van der Waals surface area contributed by atoms with E-state index in [1.54, 1.807) is 12.1 Å². The molecule has 0 aromatic carbocycles. The van der Waals surface area contributed by atoms with Crippen LogP contribution in [-0.2, 0) is 9.84 Å². The predicted octanol–water partition coefficient (Wildman–Crippen LogP) is 0.917. The number of pyridine rings is 1. The van der Waals surface area contributed by atoms with Crippen LogP contribution in [0.4, 0.5) is 5.82 Å². The summed E-state index contributed by atoms with van der Waals surface area (Å²) < 4.78 is 22.1. The van der Waals surface area contributed by atoms with Gasteiger partial charge in [-0.3, -0.25) is 0 Å². The van der Waals surface area contributed by atoms with Gasteiger partial charge in [-0.25, -0.2) is 13.4 Å². The maximum Gasteiger partial charge on any atom is 0.177 e. The molecule has 0 aliphatic heterocycles. The zero-order valence-electron chi connectivity index (χ0n) is 7.61. The first kappa shape index (κ1) is 9.98. The van der Waals surface area contributed by atoms with Crippen molar-refractivity contribution in [3.63, 3.8) is 0 Å². The number of anilines is 1. The van der Waals surface area contributed by atoms with E-state index in [-0.39, 0.29) is 4.90 Å². The van der Waals surface area contributed by atoms with E-state index in [1.807, 2.05) is 6.92 Å². The molecule has 0 aliphatic rings. The molecule has 0 fully saturated rings. The van der Waals surface area contributed by atoms with Gasteiger partial charge in [0.05, 0.1) is 4.90 Å². The van der Waals surface area contributed by atoms with E-state index in [4.69, 9.17) is 0 Å². The standard InChI is InChI=1S/C8H12N2O2S/c1-3-9-8-5-4-7(6-10-8)13(2,11)12/h4-6H,3H2,1-2H3,(H,9,10). The Labute approximate surface area is 77.9 Å². The third-order valence-corrected chi connectivity index (χ3v) is 2.62. The lowest BCUT2D eigenvalue weighted by Gasteiger charge is -2.02. The lowest BCUT2D eigenvalue weighted by Crippen LogP contribution is -2.01. The molecule has 0 bridgehead atoms. The van der Waals surface area contributed by atoms with Crippen LogP contribution in [0.25, 0.3) is 0 Å². The van der Waals surface area contributed by atoms with Crippen LogP contribution in [0.3, 0.4) is 0 Å². The Morgan fingerprint density at radius 2 is 2.15 bits per heavy atom. The normalized spacial score (nSPS) is 11.2. The molecule has 1 aromatic heterocycles. The van der Waals surface area contributed by atoms with Gasteiger partial charge >= 0.3 is 0 Å². The minimum absolute atomic E-state index is 0.245. The molecule has 1 N–H and O–H groups in total. The van der Waals surface area contributed by atoms with Crippen molar-refractivity contribution in [1.29, 1.82) is 0 Å².